The van der Waals surface area contributed by atoms with E-state index in [1.165, 1.54) is 24.3 Å². The van der Waals surface area contributed by atoms with Gasteiger partial charge in [-0.3, -0.25) is 9.69 Å². The second-order valence-electron chi connectivity index (χ2n) is 7.69. The van der Waals surface area contributed by atoms with Gasteiger partial charge in [0.2, 0.25) is 17.6 Å². The minimum Gasteiger partial charge on any atom is -0.492 e. The zero-order chi connectivity index (χ0) is 22.3. The Kier molecular flexibility index (Phi) is 7.06. The number of nitrogens with one attached hydrogen (secondary N) is 1. The molecule has 0 bridgehead atoms. The van der Waals surface area contributed by atoms with Gasteiger partial charge in [-0.1, -0.05) is 5.16 Å². The van der Waals surface area contributed by atoms with Crippen molar-refractivity contribution in [3.63, 3.8) is 0 Å². The van der Waals surface area contributed by atoms with Crippen LogP contribution in [0, 0.1) is 11.6 Å². The van der Waals surface area contributed by atoms with Gasteiger partial charge in [-0.25, -0.2) is 8.78 Å². The highest BCUT2D eigenvalue weighted by Gasteiger charge is 2.27. The van der Waals surface area contributed by atoms with E-state index in [9.17, 15) is 13.6 Å². The largest absolute Gasteiger partial charge is 0.492 e. The lowest BCUT2D eigenvalue weighted by atomic mass is 9.98. The molecule has 1 aromatic heterocycles. The number of nitrogens with zero attached hydrogens (tertiary/aromatic N) is 3. The summed E-state index contributed by atoms with van der Waals surface area (Å²) < 4.78 is 36.9. The Labute approximate surface area is 184 Å². The summed E-state index contributed by atoms with van der Waals surface area (Å²) in [6.45, 7) is 2.39. The number of ether oxygens (including phenoxy) is 1. The SMILES string of the molecule is O=C(CN1CCCC(c2nc(-c3ccc(F)cc3)no2)C1)NCCOc1ccc(F)cc1. The number of likely N-dealkylation sites (tertiary alicyclic amines) is 1. The van der Waals surface area contributed by atoms with Crippen molar-refractivity contribution in [2.45, 2.75) is 18.8 Å². The molecule has 168 valence electrons. The van der Waals surface area contributed by atoms with Gasteiger partial charge < -0.3 is 14.6 Å². The minimum absolute atomic E-state index is 0.0417. The summed E-state index contributed by atoms with van der Waals surface area (Å²) in [5.41, 5.74) is 0.691. The lowest BCUT2D eigenvalue weighted by molar-refractivity contribution is -0.122. The molecule has 4 rings (SSSR count). The number of halogens is 2. The number of hydrogen-bond donors (Lipinski definition) is 1. The van der Waals surface area contributed by atoms with Crippen molar-refractivity contribution in [3.8, 4) is 17.1 Å². The fourth-order valence-corrected chi connectivity index (χ4v) is 3.67. The molecular weight excluding hydrogens is 418 g/mol. The smallest absolute Gasteiger partial charge is 0.234 e. The molecule has 9 heteroatoms. The van der Waals surface area contributed by atoms with Crippen molar-refractivity contribution in [2.24, 2.45) is 0 Å². The van der Waals surface area contributed by atoms with E-state index in [0.29, 0.717) is 42.7 Å². The Morgan fingerprint density at radius 2 is 1.84 bits per heavy atom. The van der Waals surface area contributed by atoms with Gasteiger partial charge in [0.25, 0.3) is 0 Å². The lowest BCUT2D eigenvalue weighted by Crippen LogP contribution is -2.42. The average molecular weight is 442 g/mol. The van der Waals surface area contributed by atoms with Crippen LogP contribution in [0.1, 0.15) is 24.7 Å². The Morgan fingerprint density at radius 1 is 1.12 bits per heavy atom. The third-order valence-electron chi connectivity index (χ3n) is 5.27. The molecule has 0 aliphatic carbocycles. The summed E-state index contributed by atoms with van der Waals surface area (Å²) in [4.78, 5) is 18.8. The fraction of sp³-hybridized carbons (Fsp3) is 0.348. The van der Waals surface area contributed by atoms with Crippen molar-refractivity contribution in [3.05, 3.63) is 66.1 Å². The molecule has 2 aromatic carbocycles. The molecule has 0 spiro atoms. The van der Waals surface area contributed by atoms with Crippen LogP contribution in [0.3, 0.4) is 0 Å². The van der Waals surface area contributed by atoms with Crippen molar-refractivity contribution < 1.29 is 22.8 Å². The number of benzene rings is 2. The topological polar surface area (TPSA) is 80.5 Å². The molecular formula is C23H24F2N4O3. The molecule has 1 saturated heterocycles. The number of rotatable bonds is 8. The van der Waals surface area contributed by atoms with Crippen LogP contribution in [-0.2, 0) is 4.79 Å². The van der Waals surface area contributed by atoms with Gasteiger partial charge in [-0.05, 0) is 67.9 Å². The van der Waals surface area contributed by atoms with Gasteiger partial charge in [-0.15, -0.1) is 0 Å². The first-order valence-electron chi connectivity index (χ1n) is 10.5. The maximum atomic E-state index is 13.1. The number of hydrogen-bond acceptors (Lipinski definition) is 6. The molecule has 1 aliphatic heterocycles. The van der Waals surface area contributed by atoms with E-state index < -0.39 is 0 Å². The van der Waals surface area contributed by atoms with E-state index in [2.05, 4.69) is 20.4 Å². The quantitative estimate of drug-likeness (QED) is 0.539. The molecule has 7 nitrogen and oxygen atoms in total. The van der Waals surface area contributed by atoms with Crippen LogP contribution in [0.4, 0.5) is 8.78 Å². The second kappa shape index (κ2) is 10.3. The van der Waals surface area contributed by atoms with E-state index in [1.54, 1.807) is 24.3 Å². The summed E-state index contributed by atoms with van der Waals surface area (Å²) in [5, 5.41) is 6.85. The van der Waals surface area contributed by atoms with Crippen LogP contribution >= 0.6 is 0 Å². The van der Waals surface area contributed by atoms with Crippen LogP contribution in [0.15, 0.2) is 53.1 Å². The summed E-state index contributed by atoms with van der Waals surface area (Å²) >= 11 is 0. The predicted molar refractivity (Wildman–Crippen MR) is 113 cm³/mol. The highest BCUT2D eigenvalue weighted by molar-refractivity contribution is 5.78. The van der Waals surface area contributed by atoms with Gasteiger partial charge in [0, 0.05) is 12.1 Å². The third-order valence-corrected chi connectivity index (χ3v) is 5.27. The first-order valence-corrected chi connectivity index (χ1v) is 10.5. The van der Waals surface area contributed by atoms with E-state index in [1.807, 2.05) is 0 Å². The summed E-state index contributed by atoms with van der Waals surface area (Å²) in [5.74, 6) is 0.821. The fourth-order valence-electron chi connectivity index (χ4n) is 3.67. The van der Waals surface area contributed by atoms with Crippen LogP contribution < -0.4 is 10.1 Å². The summed E-state index contributed by atoms with van der Waals surface area (Å²) in [6.07, 6.45) is 1.81. The number of amides is 1. The highest BCUT2D eigenvalue weighted by atomic mass is 19.1. The van der Waals surface area contributed by atoms with Gasteiger partial charge in [0.15, 0.2) is 0 Å². The Hall–Kier alpha value is -3.33. The summed E-state index contributed by atoms with van der Waals surface area (Å²) in [7, 11) is 0. The van der Waals surface area contributed by atoms with Gasteiger partial charge in [-0.2, -0.15) is 4.98 Å². The molecule has 2 heterocycles. The average Bonchev–Trinajstić information content (AvgIpc) is 3.29. The molecule has 1 fully saturated rings. The van der Waals surface area contributed by atoms with Crippen LogP contribution in [0.5, 0.6) is 5.75 Å². The van der Waals surface area contributed by atoms with Crippen molar-refractivity contribution >= 4 is 5.91 Å². The normalized spacial score (nSPS) is 16.6. The van der Waals surface area contributed by atoms with Gasteiger partial charge in [0.1, 0.15) is 24.0 Å². The third kappa shape index (κ3) is 5.88. The summed E-state index contributed by atoms with van der Waals surface area (Å²) in [6, 6.07) is 11.7. The van der Waals surface area contributed by atoms with E-state index in [0.717, 1.165) is 19.4 Å². The van der Waals surface area contributed by atoms with Gasteiger partial charge >= 0.3 is 0 Å². The Balaban J connectivity index is 1.23. The highest BCUT2D eigenvalue weighted by Crippen LogP contribution is 2.27. The molecule has 3 aromatic rings. The van der Waals surface area contributed by atoms with E-state index in [-0.39, 0.29) is 30.0 Å². The van der Waals surface area contributed by atoms with E-state index in [4.69, 9.17) is 9.26 Å². The maximum Gasteiger partial charge on any atom is 0.234 e. The van der Waals surface area contributed by atoms with Crippen LogP contribution in [0.25, 0.3) is 11.4 Å². The zero-order valence-corrected chi connectivity index (χ0v) is 17.5. The second-order valence-corrected chi connectivity index (χ2v) is 7.69. The number of piperidine rings is 1. The van der Waals surface area contributed by atoms with Gasteiger partial charge in [0.05, 0.1) is 19.0 Å². The van der Waals surface area contributed by atoms with Crippen molar-refractivity contribution in [1.82, 2.24) is 20.4 Å². The molecule has 1 unspecified atom stereocenters. The molecule has 0 radical (unpaired) electrons. The van der Waals surface area contributed by atoms with Crippen LogP contribution in [0.2, 0.25) is 0 Å². The molecule has 1 amide bonds. The lowest BCUT2D eigenvalue weighted by Gasteiger charge is -2.30. The van der Waals surface area contributed by atoms with Crippen molar-refractivity contribution in [2.75, 3.05) is 32.8 Å². The maximum absolute atomic E-state index is 13.1. The van der Waals surface area contributed by atoms with Crippen LogP contribution in [-0.4, -0.2) is 53.7 Å². The molecule has 1 aliphatic rings. The Bertz CT molecular complexity index is 1020. The Morgan fingerprint density at radius 3 is 2.59 bits per heavy atom. The monoisotopic (exact) mass is 442 g/mol. The minimum atomic E-state index is -0.322. The number of aromatic nitrogens is 2. The number of carbonyl (C=O) groups excluding carboxylic acids is 1. The molecule has 1 N–H and O–H groups in total. The number of carbonyl (C=O) groups is 1. The standard InChI is InChI=1S/C23H24F2N4O3/c24-18-5-3-16(4-6-18)22-27-23(32-28-22)17-2-1-12-29(14-17)15-21(30)26-11-13-31-20-9-7-19(25)8-10-20/h3-10,17H,1-2,11-15H2,(H,26,30). The predicted octanol–water partition coefficient (Wildman–Crippen LogP) is 3.39. The zero-order valence-electron chi connectivity index (χ0n) is 17.5. The molecule has 32 heavy (non-hydrogen) atoms. The molecule has 0 saturated carbocycles. The van der Waals surface area contributed by atoms with Crippen molar-refractivity contribution in [1.29, 1.82) is 0 Å². The molecule has 1 atom stereocenters. The first-order chi connectivity index (χ1) is 15.6. The first kappa shape index (κ1) is 21.9. The van der Waals surface area contributed by atoms with E-state index >= 15 is 0 Å².